The van der Waals surface area contributed by atoms with Crippen LogP contribution in [0.1, 0.15) is 24.0 Å². The molecule has 1 atom stereocenters. The van der Waals surface area contributed by atoms with Gasteiger partial charge in [0.25, 0.3) is 0 Å². The molecule has 1 amide bonds. The molecule has 0 aromatic heterocycles. The van der Waals surface area contributed by atoms with Crippen LogP contribution < -0.4 is 11.1 Å². The van der Waals surface area contributed by atoms with Crippen LogP contribution in [-0.2, 0) is 17.8 Å². The van der Waals surface area contributed by atoms with Crippen molar-refractivity contribution in [3.63, 3.8) is 0 Å². The van der Waals surface area contributed by atoms with Crippen LogP contribution in [0.2, 0.25) is 5.02 Å². The van der Waals surface area contributed by atoms with Crippen LogP contribution in [0.15, 0.2) is 42.5 Å². The van der Waals surface area contributed by atoms with Gasteiger partial charge in [-0.2, -0.15) is 0 Å². The normalized spacial score (nSPS) is 16.6. The molecule has 1 heterocycles. The second kappa shape index (κ2) is 11.5. The topological polar surface area (TPSA) is 58.4 Å². The Kier molecular flexibility index (Phi) is 10.0. The summed E-state index contributed by atoms with van der Waals surface area (Å²) >= 11 is 6.13. The number of amides is 1. The first-order chi connectivity index (χ1) is 12.5. The summed E-state index contributed by atoms with van der Waals surface area (Å²) in [6, 6.07) is 12.0. The lowest BCUT2D eigenvalue weighted by molar-refractivity contribution is -0.121. The van der Waals surface area contributed by atoms with E-state index in [9.17, 15) is 9.18 Å². The fourth-order valence-electron chi connectivity index (χ4n) is 3.31. The van der Waals surface area contributed by atoms with Crippen molar-refractivity contribution in [2.45, 2.75) is 31.8 Å². The number of benzene rings is 2. The number of piperidine rings is 1. The zero-order valence-electron chi connectivity index (χ0n) is 15.4. The molecule has 28 heavy (non-hydrogen) atoms. The Bertz CT molecular complexity index is 774. The SMILES string of the molecule is Cl.Cl.Nc1ccc(CC(=O)NC2CCCN(Cc3ccc(F)cc3Cl)C2)cc1. The molecule has 1 fully saturated rings. The third-order valence-electron chi connectivity index (χ3n) is 4.62. The van der Waals surface area contributed by atoms with Gasteiger partial charge < -0.3 is 11.1 Å². The van der Waals surface area contributed by atoms with Crippen molar-refractivity contribution in [2.24, 2.45) is 0 Å². The number of hydrogen-bond donors (Lipinski definition) is 2. The second-order valence-electron chi connectivity index (χ2n) is 6.80. The monoisotopic (exact) mass is 447 g/mol. The van der Waals surface area contributed by atoms with Crippen LogP contribution in [0.4, 0.5) is 10.1 Å². The minimum Gasteiger partial charge on any atom is -0.399 e. The maximum atomic E-state index is 13.2. The van der Waals surface area contributed by atoms with E-state index in [4.69, 9.17) is 17.3 Å². The number of nitrogen functional groups attached to an aromatic ring is 1. The van der Waals surface area contributed by atoms with Crippen molar-refractivity contribution in [2.75, 3.05) is 18.8 Å². The number of likely N-dealkylation sites (tertiary alicyclic amines) is 1. The summed E-state index contributed by atoms with van der Waals surface area (Å²) in [5, 5.41) is 3.56. The summed E-state index contributed by atoms with van der Waals surface area (Å²) < 4.78 is 13.2. The van der Waals surface area contributed by atoms with Crippen LogP contribution in [0.3, 0.4) is 0 Å². The minimum absolute atomic E-state index is 0. The largest absolute Gasteiger partial charge is 0.399 e. The zero-order valence-corrected chi connectivity index (χ0v) is 17.8. The van der Waals surface area contributed by atoms with E-state index in [1.54, 1.807) is 18.2 Å². The predicted molar refractivity (Wildman–Crippen MR) is 117 cm³/mol. The minimum atomic E-state index is -0.329. The molecule has 154 valence electrons. The maximum Gasteiger partial charge on any atom is 0.224 e. The van der Waals surface area contributed by atoms with Gasteiger partial charge in [-0.05, 0) is 54.8 Å². The van der Waals surface area contributed by atoms with Crippen molar-refractivity contribution in [3.8, 4) is 0 Å². The van der Waals surface area contributed by atoms with Crippen LogP contribution in [0.5, 0.6) is 0 Å². The van der Waals surface area contributed by atoms with Crippen LogP contribution >= 0.6 is 36.4 Å². The molecule has 1 aliphatic rings. The van der Waals surface area contributed by atoms with E-state index in [2.05, 4.69) is 10.2 Å². The summed E-state index contributed by atoms with van der Waals surface area (Å²) in [6.07, 6.45) is 2.31. The lowest BCUT2D eigenvalue weighted by Gasteiger charge is -2.33. The number of nitrogens with two attached hydrogens (primary N) is 1. The van der Waals surface area contributed by atoms with Crippen molar-refractivity contribution in [3.05, 3.63) is 64.4 Å². The number of carbonyl (C=O) groups excluding carboxylic acids is 1. The molecule has 2 aromatic rings. The smallest absolute Gasteiger partial charge is 0.224 e. The van der Waals surface area contributed by atoms with Gasteiger partial charge in [-0.25, -0.2) is 4.39 Å². The molecule has 0 aliphatic carbocycles. The van der Waals surface area contributed by atoms with Crippen molar-refractivity contribution in [1.82, 2.24) is 10.2 Å². The van der Waals surface area contributed by atoms with Crippen molar-refractivity contribution in [1.29, 1.82) is 0 Å². The van der Waals surface area contributed by atoms with E-state index in [0.717, 1.165) is 37.1 Å². The van der Waals surface area contributed by atoms with E-state index >= 15 is 0 Å². The van der Waals surface area contributed by atoms with Gasteiger partial charge in [-0.15, -0.1) is 24.8 Å². The average molecular weight is 449 g/mol. The third kappa shape index (κ3) is 7.13. The van der Waals surface area contributed by atoms with E-state index < -0.39 is 0 Å². The molecule has 8 heteroatoms. The highest BCUT2D eigenvalue weighted by molar-refractivity contribution is 6.31. The van der Waals surface area contributed by atoms with E-state index in [1.165, 1.54) is 12.1 Å². The van der Waals surface area contributed by atoms with Gasteiger partial charge in [-0.3, -0.25) is 9.69 Å². The van der Waals surface area contributed by atoms with E-state index in [0.29, 0.717) is 23.7 Å². The molecule has 0 radical (unpaired) electrons. The first-order valence-corrected chi connectivity index (χ1v) is 9.17. The second-order valence-corrected chi connectivity index (χ2v) is 7.20. The molecule has 0 saturated carbocycles. The fourth-order valence-corrected chi connectivity index (χ4v) is 3.53. The number of hydrogen-bond acceptors (Lipinski definition) is 3. The Morgan fingerprint density at radius 1 is 1.21 bits per heavy atom. The lowest BCUT2D eigenvalue weighted by Crippen LogP contribution is -2.47. The standard InChI is InChI=1S/C20H23ClFN3O.2ClH/c21-19-11-16(22)6-5-15(19)12-25-9-1-2-18(13-25)24-20(26)10-14-3-7-17(23)8-4-14;;/h3-8,11,18H,1-2,9-10,12-13,23H2,(H,24,26);2*1H. The summed E-state index contributed by atoms with van der Waals surface area (Å²) in [5.74, 6) is -0.313. The quantitative estimate of drug-likeness (QED) is 0.673. The molecular formula is C20H25Cl3FN3O. The van der Waals surface area contributed by atoms with Gasteiger partial charge in [0.15, 0.2) is 0 Å². The summed E-state index contributed by atoms with van der Waals surface area (Å²) in [7, 11) is 0. The molecule has 0 bridgehead atoms. The molecule has 3 rings (SSSR count). The lowest BCUT2D eigenvalue weighted by atomic mass is 10.0. The molecule has 1 saturated heterocycles. The van der Waals surface area contributed by atoms with Gasteiger partial charge in [0, 0.05) is 29.8 Å². The van der Waals surface area contributed by atoms with Gasteiger partial charge in [0.1, 0.15) is 5.82 Å². The molecule has 2 aromatic carbocycles. The molecule has 0 spiro atoms. The zero-order chi connectivity index (χ0) is 18.5. The summed E-state index contributed by atoms with van der Waals surface area (Å²) in [4.78, 5) is 14.5. The van der Waals surface area contributed by atoms with Crippen molar-refractivity contribution >= 4 is 48.0 Å². The fraction of sp³-hybridized carbons (Fsp3) is 0.350. The number of carbonyl (C=O) groups is 1. The highest BCUT2D eigenvalue weighted by Gasteiger charge is 2.22. The average Bonchev–Trinajstić information content (AvgIpc) is 2.60. The Hall–Kier alpha value is -1.53. The third-order valence-corrected chi connectivity index (χ3v) is 4.98. The van der Waals surface area contributed by atoms with Gasteiger partial charge in [0.05, 0.1) is 6.42 Å². The van der Waals surface area contributed by atoms with Crippen molar-refractivity contribution < 1.29 is 9.18 Å². The Balaban J connectivity index is 0.00000196. The highest BCUT2D eigenvalue weighted by Crippen LogP contribution is 2.21. The number of nitrogens with one attached hydrogen (secondary N) is 1. The molecule has 3 N–H and O–H groups in total. The highest BCUT2D eigenvalue weighted by atomic mass is 35.5. The van der Waals surface area contributed by atoms with Gasteiger partial charge in [0.2, 0.25) is 5.91 Å². The summed E-state index contributed by atoms with van der Waals surface area (Å²) in [6.45, 7) is 2.36. The van der Waals surface area contributed by atoms with E-state index in [1.807, 2.05) is 12.1 Å². The molecule has 4 nitrogen and oxygen atoms in total. The maximum absolute atomic E-state index is 13.2. The Morgan fingerprint density at radius 3 is 2.61 bits per heavy atom. The first-order valence-electron chi connectivity index (χ1n) is 8.79. The number of nitrogens with zero attached hydrogens (tertiary/aromatic N) is 1. The van der Waals surface area contributed by atoms with Crippen LogP contribution in [0, 0.1) is 5.82 Å². The molecular weight excluding hydrogens is 424 g/mol. The predicted octanol–water partition coefficient (Wildman–Crippen LogP) is 4.23. The van der Waals surface area contributed by atoms with Gasteiger partial charge >= 0.3 is 0 Å². The first kappa shape index (κ1) is 24.5. The molecule has 1 unspecified atom stereocenters. The number of anilines is 1. The number of halogens is 4. The summed E-state index contributed by atoms with van der Waals surface area (Å²) in [5.41, 5.74) is 8.21. The van der Waals surface area contributed by atoms with Gasteiger partial charge in [-0.1, -0.05) is 29.8 Å². The number of rotatable bonds is 5. The van der Waals surface area contributed by atoms with E-state index in [-0.39, 0.29) is 42.6 Å². The van der Waals surface area contributed by atoms with Crippen LogP contribution in [-0.4, -0.2) is 29.9 Å². The molecule has 1 aliphatic heterocycles. The van der Waals surface area contributed by atoms with Crippen LogP contribution in [0.25, 0.3) is 0 Å². The Labute approximate surface area is 182 Å². The Morgan fingerprint density at radius 2 is 1.93 bits per heavy atom.